The molecule has 0 heterocycles. The summed E-state index contributed by atoms with van der Waals surface area (Å²) in [7, 11) is 0. The van der Waals surface area contributed by atoms with Crippen LogP contribution in [0.2, 0.25) is 0 Å². The van der Waals surface area contributed by atoms with E-state index in [4.69, 9.17) is 0 Å². The molecule has 1 fully saturated rings. The maximum atomic E-state index is 9.38. The van der Waals surface area contributed by atoms with E-state index in [-0.39, 0.29) is 6.10 Å². The van der Waals surface area contributed by atoms with E-state index < -0.39 is 0 Å². The Kier molecular flexibility index (Phi) is 2.12. The third kappa shape index (κ3) is 1.75. The Hall–Kier alpha value is -0.820. The first-order valence-corrected chi connectivity index (χ1v) is 4.93. The third-order valence-corrected chi connectivity index (χ3v) is 2.96. The van der Waals surface area contributed by atoms with Crippen LogP contribution in [-0.4, -0.2) is 11.2 Å². The number of aliphatic hydroxyl groups is 1. The fourth-order valence-electron chi connectivity index (χ4n) is 1.94. The first-order chi connectivity index (χ1) is 6.18. The second-order valence-electron chi connectivity index (χ2n) is 4.16. The monoisotopic (exact) mass is 176 g/mol. The standard InChI is InChI=1S/C12H16O/c1-8-3-5-10(6-4-8)12-7-11(12)9(2)13/h3-6,9,11-13H,7H2,1-2H3/t9-,11-,12-/m0/s1. The zero-order valence-corrected chi connectivity index (χ0v) is 8.20. The number of rotatable bonds is 2. The van der Waals surface area contributed by atoms with Crippen molar-refractivity contribution in [2.24, 2.45) is 5.92 Å². The minimum atomic E-state index is -0.147. The lowest BCUT2D eigenvalue weighted by atomic mass is 10.1. The summed E-state index contributed by atoms with van der Waals surface area (Å²) >= 11 is 0. The highest BCUT2D eigenvalue weighted by atomic mass is 16.3. The van der Waals surface area contributed by atoms with Crippen LogP contribution >= 0.6 is 0 Å². The minimum absolute atomic E-state index is 0.147. The molecule has 1 nitrogen and oxygen atoms in total. The summed E-state index contributed by atoms with van der Waals surface area (Å²) < 4.78 is 0. The first-order valence-electron chi connectivity index (χ1n) is 4.93. The normalized spacial score (nSPS) is 28.5. The molecule has 1 aliphatic carbocycles. The van der Waals surface area contributed by atoms with Gasteiger partial charge in [0.15, 0.2) is 0 Å². The number of hydrogen-bond acceptors (Lipinski definition) is 1. The van der Waals surface area contributed by atoms with Gasteiger partial charge in [-0.2, -0.15) is 0 Å². The molecule has 1 heteroatoms. The molecule has 3 atom stereocenters. The summed E-state index contributed by atoms with van der Waals surface area (Å²) in [5.41, 5.74) is 2.69. The lowest BCUT2D eigenvalue weighted by molar-refractivity contribution is 0.169. The fourth-order valence-corrected chi connectivity index (χ4v) is 1.94. The van der Waals surface area contributed by atoms with Crippen molar-refractivity contribution in [2.45, 2.75) is 32.3 Å². The molecule has 1 aliphatic rings. The van der Waals surface area contributed by atoms with Gasteiger partial charge in [-0.1, -0.05) is 29.8 Å². The molecule has 1 aromatic rings. The van der Waals surface area contributed by atoms with Crippen molar-refractivity contribution < 1.29 is 5.11 Å². The van der Waals surface area contributed by atoms with Crippen LogP contribution < -0.4 is 0 Å². The smallest absolute Gasteiger partial charge is 0.0546 e. The summed E-state index contributed by atoms with van der Waals surface area (Å²) in [6.07, 6.45) is 1.01. The zero-order chi connectivity index (χ0) is 9.42. The van der Waals surface area contributed by atoms with Crippen LogP contribution in [0.1, 0.15) is 30.4 Å². The number of aliphatic hydroxyl groups excluding tert-OH is 1. The highest BCUT2D eigenvalue weighted by Crippen LogP contribution is 2.49. The molecule has 1 N–H and O–H groups in total. The fraction of sp³-hybridized carbons (Fsp3) is 0.500. The van der Waals surface area contributed by atoms with E-state index in [0.717, 1.165) is 6.42 Å². The van der Waals surface area contributed by atoms with Crippen molar-refractivity contribution in [3.8, 4) is 0 Å². The van der Waals surface area contributed by atoms with E-state index in [9.17, 15) is 5.11 Å². The Balaban J connectivity index is 2.08. The van der Waals surface area contributed by atoms with Gasteiger partial charge >= 0.3 is 0 Å². The number of hydrogen-bond donors (Lipinski definition) is 1. The van der Waals surface area contributed by atoms with Gasteiger partial charge in [0, 0.05) is 0 Å². The zero-order valence-electron chi connectivity index (χ0n) is 8.20. The van der Waals surface area contributed by atoms with Gasteiger partial charge in [-0.25, -0.2) is 0 Å². The largest absolute Gasteiger partial charge is 0.393 e. The Morgan fingerprint density at radius 2 is 1.92 bits per heavy atom. The SMILES string of the molecule is Cc1ccc([C@@H]2C[C@H]2[C@H](C)O)cc1. The van der Waals surface area contributed by atoms with Crippen LogP contribution in [0.15, 0.2) is 24.3 Å². The molecule has 0 bridgehead atoms. The molecule has 0 unspecified atom stereocenters. The average Bonchev–Trinajstić information content (AvgIpc) is 2.85. The van der Waals surface area contributed by atoms with Gasteiger partial charge in [0.05, 0.1) is 6.10 Å². The van der Waals surface area contributed by atoms with Gasteiger partial charge in [0.25, 0.3) is 0 Å². The van der Waals surface area contributed by atoms with Crippen LogP contribution in [0, 0.1) is 12.8 Å². The van der Waals surface area contributed by atoms with Gasteiger partial charge < -0.3 is 5.11 Å². The van der Waals surface area contributed by atoms with E-state index in [1.165, 1.54) is 11.1 Å². The van der Waals surface area contributed by atoms with Crippen molar-refractivity contribution >= 4 is 0 Å². The first kappa shape index (κ1) is 8.76. The topological polar surface area (TPSA) is 20.2 Å². The van der Waals surface area contributed by atoms with E-state index in [1.807, 2.05) is 6.92 Å². The molecule has 0 aromatic heterocycles. The molecule has 70 valence electrons. The molecule has 0 aliphatic heterocycles. The van der Waals surface area contributed by atoms with Crippen molar-refractivity contribution in [1.29, 1.82) is 0 Å². The van der Waals surface area contributed by atoms with Crippen LogP contribution in [0.25, 0.3) is 0 Å². The van der Waals surface area contributed by atoms with Crippen molar-refractivity contribution in [1.82, 2.24) is 0 Å². The molecule has 0 saturated heterocycles. The van der Waals surface area contributed by atoms with Gasteiger partial charge in [-0.05, 0) is 37.7 Å². The molecule has 1 saturated carbocycles. The summed E-state index contributed by atoms with van der Waals surface area (Å²) in [5.74, 6) is 1.11. The summed E-state index contributed by atoms with van der Waals surface area (Å²) in [6, 6.07) is 8.66. The molecule has 13 heavy (non-hydrogen) atoms. The lowest BCUT2D eigenvalue weighted by Crippen LogP contribution is -2.03. The van der Waals surface area contributed by atoms with Crippen LogP contribution in [-0.2, 0) is 0 Å². The quantitative estimate of drug-likeness (QED) is 0.734. The number of benzene rings is 1. The van der Waals surface area contributed by atoms with Crippen molar-refractivity contribution in [2.75, 3.05) is 0 Å². The van der Waals surface area contributed by atoms with Crippen molar-refractivity contribution in [3.63, 3.8) is 0 Å². The summed E-state index contributed by atoms with van der Waals surface area (Å²) in [5, 5.41) is 9.38. The predicted octanol–water partition coefficient (Wildman–Crippen LogP) is 2.48. The highest BCUT2D eigenvalue weighted by molar-refractivity contribution is 5.29. The summed E-state index contributed by atoms with van der Waals surface area (Å²) in [6.45, 7) is 3.99. The maximum absolute atomic E-state index is 9.38. The average molecular weight is 176 g/mol. The Bertz CT molecular complexity index is 286. The molecular weight excluding hydrogens is 160 g/mol. The van der Waals surface area contributed by atoms with Crippen LogP contribution in [0.3, 0.4) is 0 Å². The number of aryl methyl sites for hydroxylation is 1. The van der Waals surface area contributed by atoms with Gasteiger partial charge in [-0.3, -0.25) is 0 Å². The van der Waals surface area contributed by atoms with Gasteiger partial charge in [0.1, 0.15) is 0 Å². The third-order valence-electron chi connectivity index (χ3n) is 2.96. The van der Waals surface area contributed by atoms with Crippen LogP contribution in [0.5, 0.6) is 0 Å². The molecule has 0 spiro atoms. The Labute approximate surface area is 79.4 Å². The maximum Gasteiger partial charge on any atom is 0.0546 e. The predicted molar refractivity (Wildman–Crippen MR) is 53.7 cm³/mol. The molecule has 0 radical (unpaired) electrons. The van der Waals surface area contributed by atoms with Gasteiger partial charge in [-0.15, -0.1) is 0 Å². The van der Waals surface area contributed by atoms with Crippen molar-refractivity contribution in [3.05, 3.63) is 35.4 Å². The van der Waals surface area contributed by atoms with Crippen LogP contribution in [0.4, 0.5) is 0 Å². The molecule has 1 aromatic carbocycles. The second-order valence-corrected chi connectivity index (χ2v) is 4.16. The van der Waals surface area contributed by atoms with E-state index in [1.54, 1.807) is 0 Å². The van der Waals surface area contributed by atoms with Gasteiger partial charge in [0.2, 0.25) is 0 Å². The minimum Gasteiger partial charge on any atom is -0.393 e. The molecule has 2 rings (SSSR count). The molecule has 0 amide bonds. The summed E-state index contributed by atoms with van der Waals surface area (Å²) in [4.78, 5) is 0. The Morgan fingerprint density at radius 1 is 1.31 bits per heavy atom. The molecular formula is C12H16O. The highest BCUT2D eigenvalue weighted by Gasteiger charge is 2.41. The second kappa shape index (κ2) is 3.15. The van der Waals surface area contributed by atoms with E-state index >= 15 is 0 Å². The Morgan fingerprint density at radius 3 is 2.38 bits per heavy atom. The van der Waals surface area contributed by atoms with E-state index in [2.05, 4.69) is 31.2 Å². The van der Waals surface area contributed by atoms with E-state index in [0.29, 0.717) is 11.8 Å². The lowest BCUT2D eigenvalue weighted by Gasteiger charge is -2.03.